The fourth-order valence-corrected chi connectivity index (χ4v) is 5.34. The first kappa shape index (κ1) is 17.2. The zero-order chi connectivity index (χ0) is 17.2. The van der Waals surface area contributed by atoms with Gasteiger partial charge in [-0.25, -0.2) is 9.59 Å². The third-order valence-electron chi connectivity index (χ3n) is 6.09. The summed E-state index contributed by atoms with van der Waals surface area (Å²) in [5.41, 5.74) is -1.72. The van der Waals surface area contributed by atoms with Crippen LogP contribution in [0, 0.1) is 22.7 Å². The Hall–Kier alpha value is -1.66. The maximum atomic E-state index is 12.9. The van der Waals surface area contributed by atoms with Crippen molar-refractivity contribution in [2.24, 2.45) is 22.7 Å². The molecule has 0 aliphatic heterocycles. The summed E-state index contributed by atoms with van der Waals surface area (Å²) in [6, 6.07) is 0. The maximum absolute atomic E-state index is 12.9. The fourth-order valence-electron chi connectivity index (χ4n) is 5.34. The van der Waals surface area contributed by atoms with E-state index in [-0.39, 0.29) is 19.1 Å². The summed E-state index contributed by atoms with van der Waals surface area (Å²) in [6.45, 7) is 7.29. The molecule has 0 radical (unpaired) electrons. The van der Waals surface area contributed by atoms with Crippen LogP contribution in [0.4, 0.5) is 0 Å². The minimum atomic E-state index is -0.866. The molecule has 0 N–H and O–H groups in total. The predicted octanol–water partition coefficient (Wildman–Crippen LogP) is 2.89. The summed E-state index contributed by atoms with van der Waals surface area (Å²) in [6.07, 6.45) is 7.69. The molecule has 0 spiro atoms. The smallest absolute Gasteiger partial charge is 0.297 e. The van der Waals surface area contributed by atoms with Crippen LogP contribution in [0.1, 0.15) is 38.5 Å². The van der Waals surface area contributed by atoms with Crippen molar-refractivity contribution in [2.45, 2.75) is 38.5 Å². The number of carbonyl (C=O) groups excluding carboxylic acids is 2. The average molecular weight is 336 g/mol. The van der Waals surface area contributed by atoms with Crippen LogP contribution in [0.2, 0.25) is 0 Å². The van der Waals surface area contributed by atoms with Gasteiger partial charge in [-0.2, -0.15) is 9.78 Å². The minimum absolute atomic E-state index is 0.120. The second-order valence-corrected chi connectivity index (χ2v) is 6.94. The van der Waals surface area contributed by atoms with Gasteiger partial charge < -0.3 is 0 Å². The molecule has 0 saturated heterocycles. The van der Waals surface area contributed by atoms with Gasteiger partial charge in [-0.3, -0.25) is 9.78 Å². The number of rotatable bonds is 8. The Balaban J connectivity index is 1.85. The molecule has 4 unspecified atom stereocenters. The van der Waals surface area contributed by atoms with Gasteiger partial charge in [0, 0.05) is 0 Å². The highest BCUT2D eigenvalue weighted by Crippen LogP contribution is 2.73. The minimum Gasteiger partial charge on any atom is -0.297 e. The Morgan fingerprint density at radius 2 is 1.67 bits per heavy atom. The molecule has 3 aliphatic carbocycles. The van der Waals surface area contributed by atoms with E-state index in [9.17, 15) is 9.59 Å². The van der Waals surface area contributed by atoms with Crippen molar-refractivity contribution in [3.63, 3.8) is 0 Å². The quantitative estimate of drug-likeness (QED) is 0.294. The third-order valence-corrected chi connectivity index (χ3v) is 6.09. The van der Waals surface area contributed by atoms with E-state index in [1.54, 1.807) is 0 Å². The first-order chi connectivity index (χ1) is 11.6. The maximum Gasteiger partial charge on any atom is 0.349 e. The highest BCUT2D eigenvalue weighted by Gasteiger charge is 2.76. The van der Waals surface area contributed by atoms with Crippen LogP contribution in [0.3, 0.4) is 0 Å². The van der Waals surface area contributed by atoms with Crippen molar-refractivity contribution >= 4 is 11.9 Å². The van der Waals surface area contributed by atoms with Crippen molar-refractivity contribution in [2.75, 3.05) is 13.2 Å². The molecule has 4 atom stereocenters. The Kier molecular flexibility index (Phi) is 4.78. The lowest BCUT2D eigenvalue weighted by Crippen LogP contribution is -2.52. The lowest BCUT2D eigenvalue weighted by atomic mass is 9.59. The Bertz CT molecular complexity index is 544. The lowest BCUT2D eigenvalue weighted by Gasteiger charge is -2.42. The number of hydrogen-bond donors (Lipinski definition) is 0. The summed E-state index contributed by atoms with van der Waals surface area (Å²) in [7, 11) is 0. The summed E-state index contributed by atoms with van der Waals surface area (Å²) in [5.74, 6) is -0.406. The standard InChI is InChI=1S/C18H24O6/c1-3-10-21-23-15(19)17-9-7-13(12-17)14-6-5-8-18(14,17)16(20)24-22-11-4-2/h3-4,13-14H,1-2,5-12H2. The van der Waals surface area contributed by atoms with Gasteiger partial charge in [0.05, 0.1) is 10.8 Å². The van der Waals surface area contributed by atoms with Crippen molar-refractivity contribution in [1.29, 1.82) is 0 Å². The van der Waals surface area contributed by atoms with Gasteiger partial charge in [0.25, 0.3) is 0 Å². The molecule has 6 nitrogen and oxygen atoms in total. The molecule has 24 heavy (non-hydrogen) atoms. The molecule has 2 bridgehead atoms. The van der Waals surface area contributed by atoms with Crippen LogP contribution in [-0.4, -0.2) is 25.2 Å². The molecule has 3 saturated carbocycles. The van der Waals surface area contributed by atoms with Crippen LogP contribution < -0.4 is 0 Å². The van der Waals surface area contributed by atoms with E-state index in [1.165, 1.54) is 12.2 Å². The highest BCUT2D eigenvalue weighted by atomic mass is 17.2. The Labute approximate surface area is 141 Å². The zero-order valence-electron chi connectivity index (χ0n) is 13.8. The predicted molar refractivity (Wildman–Crippen MR) is 84.0 cm³/mol. The fraction of sp³-hybridized carbons (Fsp3) is 0.667. The molecular weight excluding hydrogens is 312 g/mol. The normalized spacial score (nSPS) is 36.2. The van der Waals surface area contributed by atoms with Gasteiger partial charge in [-0.15, -0.1) is 13.2 Å². The van der Waals surface area contributed by atoms with Crippen molar-refractivity contribution in [3.8, 4) is 0 Å². The molecular formula is C18H24O6. The van der Waals surface area contributed by atoms with E-state index < -0.39 is 22.8 Å². The van der Waals surface area contributed by atoms with E-state index in [2.05, 4.69) is 13.2 Å². The first-order valence-electron chi connectivity index (χ1n) is 8.52. The van der Waals surface area contributed by atoms with Crippen molar-refractivity contribution in [1.82, 2.24) is 0 Å². The molecule has 0 amide bonds. The summed E-state index contributed by atoms with van der Waals surface area (Å²) in [5, 5.41) is 0. The van der Waals surface area contributed by atoms with Gasteiger partial charge >= 0.3 is 11.9 Å². The third kappa shape index (κ3) is 2.31. The van der Waals surface area contributed by atoms with Gasteiger partial charge in [0.15, 0.2) is 0 Å². The second-order valence-electron chi connectivity index (χ2n) is 6.94. The van der Waals surface area contributed by atoms with E-state index in [0.29, 0.717) is 25.2 Å². The molecule has 0 aromatic carbocycles. The van der Waals surface area contributed by atoms with Crippen molar-refractivity contribution < 1.29 is 29.1 Å². The molecule has 132 valence electrons. The van der Waals surface area contributed by atoms with Crippen LogP contribution >= 0.6 is 0 Å². The van der Waals surface area contributed by atoms with Gasteiger partial charge in [-0.05, 0) is 43.9 Å². The SMILES string of the molecule is C=CCOOC(=O)C12CCC(C1)C1CCCC12C(=O)OOCC=C. The van der Waals surface area contributed by atoms with Gasteiger partial charge in [-0.1, -0.05) is 18.6 Å². The lowest BCUT2D eigenvalue weighted by molar-refractivity contribution is -0.293. The molecule has 3 fully saturated rings. The van der Waals surface area contributed by atoms with Crippen LogP contribution in [-0.2, 0) is 29.1 Å². The summed E-state index contributed by atoms with van der Waals surface area (Å²) < 4.78 is 0. The van der Waals surface area contributed by atoms with Crippen molar-refractivity contribution in [3.05, 3.63) is 25.3 Å². The zero-order valence-corrected chi connectivity index (χ0v) is 13.8. The Morgan fingerprint density at radius 3 is 2.33 bits per heavy atom. The number of fused-ring (bicyclic) bond motifs is 5. The van der Waals surface area contributed by atoms with Gasteiger partial charge in [0.1, 0.15) is 13.2 Å². The monoisotopic (exact) mass is 336 g/mol. The highest BCUT2D eigenvalue weighted by molar-refractivity contribution is 5.90. The largest absolute Gasteiger partial charge is 0.349 e. The summed E-state index contributed by atoms with van der Waals surface area (Å²) >= 11 is 0. The number of hydrogen-bond acceptors (Lipinski definition) is 6. The van der Waals surface area contributed by atoms with Gasteiger partial charge in [0.2, 0.25) is 0 Å². The second kappa shape index (κ2) is 6.69. The molecule has 3 aliphatic rings. The molecule has 3 rings (SSSR count). The first-order valence-corrected chi connectivity index (χ1v) is 8.52. The van der Waals surface area contributed by atoms with E-state index >= 15 is 0 Å². The molecule has 0 aromatic heterocycles. The molecule has 0 heterocycles. The Morgan fingerprint density at radius 1 is 1.00 bits per heavy atom. The summed E-state index contributed by atoms with van der Waals surface area (Å²) in [4.78, 5) is 45.7. The number of carbonyl (C=O) groups is 2. The van der Waals surface area contributed by atoms with Crippen LogP contribution in [0.25, 0.3) is 0 Å². The molecule has 6 heteroatoms. The van der Waals surface area contributed by atoms with E-state index in [4.69, 9.17) is 19.6 Å². The van der Waals surface area contributed by atoms with E-state index in [1.807, 2.05) is 0 Å². The van der Waals surface area contributed by atoms with E-state index in [0.717, 1.165) is 19.3 Å². The van der Waals surface area contributed by atoms with Crippen LogP contribution in [0.5, 0.6) is 0 Å². The average Bonchev–Trinajstić information content (AvgIpc) is 3.26. The van der Waals surface area contributed by atoms with Crippen LogP contribution in [0.15, 0.2) is 25.3 Å². The molecule has 0 aromatic rings. The topological polar surface area (TPSA) is 71.1 Å².